The van der Waals surface area contributed by atoms with Crippen LogP contribution in [0.1, 0.15) is 15.9 Å². The van der Waals surface area contributed by atoms with E-state index in [4.69, 9.17) is 21.1 Å². The summed E-state index contributed by atoms with van der Waals surface area (Å²) in [5.74, 6) is 1.25. The summed E-state index contributed by atoms with van der Waals surface area (Å²) in [6.07, 6.45) is 0. The number of hydrogen-bond donors (Lipinski definition) is 1. The fraction of sp³-hybridized carbons (Fsp3) is 0.188. The molecule has 0 aliphatic carbocycles. The minimum Gasteiger partial charge on any atom is -0.497 e. The smallest absolute Gasteiger partial charge is 0.251 e. The molecule has 116 valence electrons. The van der Waals surface area contributed by atoms with Crippen LogP contribution in [-0.4, -0.2) is 20.1 Å². The van der Waals surface area contributed by atoms with Crippen molar-refractivity contribution in [1.29, 1.82) is 0 Å². The highest BCUT2D eigenvalue weighted by Gasteiger charge is 2.10. The molecule has 0 saturated carbocycles. The molecule has 2 aromatic carbocycles. The molecule has 4 nitrogen and oxygen atoms in total. The lowest BCUT2D eigenvalue weighted by molar-refractivity contribution is 0.0950. The molecule has 6 heteroatoms. The molecular formula is C16H15ClINO3. The van der Waals surface area contributed by atoms with Gasteiger partial charge in [0.15, 0.2) is 0 Å². The Hall–Kier alpha value is -1.47. The maximum atomic E-state index is 12.2. The molecule has 1 amide bonds. The monoisotopic (exact) mass is 431 g/mol. The highest BCUT2D eigenvalue weighted by Crippen LogP contribution is 2.24. The number of ether oxygens (including phenoxy) is 2. The van der Waals surface area contributed by atoms with E-state index in [1.54, 1.807) is 32.4 Å². The van der Waals surface area contributed by atoms with Gasteiger partial charge in [0.05, 0.1) is 19.2 Å². The molecule has 0 unspecified atom stereocenters. The number of halogens is 2. The van der Waals surface area contributed by atoms with Crippen LogP contribution in [0.25, 0.3) is 0 Å². The van der Waals surface area contributed by atoms with E-state index in [9.17, 15) is 4.79 Å². The summed E-state index contributed by atoms with van der Waals surface area (Å²) < 4.78 is 11.3. The second-order valence-electron chi connectivity index (χ2n) is 4.49. The summed E-state index contributed by atoms with van der Waals surface area (Å²) in [6.45, 7) is 0.346. The lowest BCUT2D eigenvalue weighted by Gasteiger charge is -2.11. The van der Waals surface area contributed by atoms with Crippen molar-refractivity contribution < 1.29 is 14.3 Å². The Balaban J connectivity index is 2.11. The Bertz CT molecular complexity index is 691. The third-order valence-corrected chi connectivity index (χ3v) is 4.65. The molecule has 0 spiro atoms. The first-order valence-electron chi connectivity index (χ1n) is 6.49. The molecule has 0 aliphatic heterocycles. The van der Waals surface area contributed by atoms with Gasteiger partial charge in [-0.05, 0) is 59.0 Å². The van der Waals surface area contributed by atoms with Crippen LogP contribution in [0.3, 0.4) is 0 Å². The van der Waals surface area contributed by atoms with Gasteiger partial charge in [-0.2, -0.15) is 0 Å². The van der Waals surface area contributed by atoms with Crippen LogP contribution in [0.2, 0.25) is 5.02 Å². The van der Waals surface area contributed by atoms with Crippen LogP contribution >= 0.6 is 34.2 Å². The molecule has 22 heavy (non-hydrogen) atoms. The minimum absolute atomic E-state index is 0.167. The standard InChI is InChI=1S/C16H15ClINO3/c1-21-12-4-6-15(22-2)11(7-12)9-19-16(20)10-3-5-13(17)14(18)8-10/h3-8H,9H2,1-2H3,(H,19,20). The largest absolute Gasteiger partial charge is 0.497 e. The molecule has 1 N–H and O–H groups in total. The Morgan fingerprint density at radius 3 is 2.59 bits per heavy atom. The van der Waals surface area contributed by atoms with Crippen LogP contribution < -0.4 is 14.8 Å². The topological polar surface area (TPSA) is 47.6 Å². The maximum absolute atomic E-state index is 12.2. The molecule has 2 rings (SSSR count). The SMILES string of the molecule is COc1ccc(OC)c(CNC(=O)c2ccc(Cl)c(I)c2)c1. The quantitative estimate of drug-likeness (QED) is 0.731. The average Bonchev–Trinajstić information content (AvgIpc) is 2.54. The maximum Gasteiger partial charge on any atom is 0.251 e. The third kappa shape index (κ3) is 4.04. The number of rotatable bonds is 5. The molecule has 0 radical (unpaired) electrons. The summed E-state index contributed by atoms with van der Waals surface area (Å²) in [6, 6.07) is 10.6. The van der Waals surface area contributed by atoms with Crippen molar-refractivity contribution in [3.05, 3.63) is 56.1 Å². The van der Waals surface area contributed by atoms with Crippen LogP contribution in [0.4, 0.5) is 0 Å². The summed E-state index contributed by atoms with van der Waals surface area (Å²) in [5.41, 5.74) is 1.41. The van der Waals surface area contributed by atoms with E-state index in [1.165, 1.54) is 0 Å². The zero-order chi connectivity index (χ0) is 16.1. The van der Waals surface area contributed by atoms with E-state index in [1.807, 2.05) is 18.2 Å². The van der Waals surface area contributed by atoms with Crippen molar-refractivity contribution in [2.75, 3.05) is 14.2 Å². The first-order valence-corrected chi connectivity index (χ1v) is 7.95. The average molecular weight is 432 g/mol. The second kappa shape index (κ2) is 7.69. The van der Waals surface area contributed by atoms with Gasteiger partial charge >= 0.3 is 0 Å². The number of carbonyl (C=O) groups excluding carboxylic acids is 1. The minimum atomic E-state index is -0.167. The Morgan fingerprint density at radius 2 is 1.95 bits per heavy atom. The number of hydrogen-bond acceptors (Lipinski definition) is 3. The van der Waals surface area contributed by atoms with Gasteiger partial charge in [-0.15, -0.1) is 0 Å². The molecule has 0 aliphatic rings. The lowest BCUT2D eigenvalue weighted by Crippen LogP contribution is -2.23. The number of methoxy groups -OCH3 is 2. The fourth-order valence-corrected chi connectivity index (χ4v) is 2.57. The number of amides is 1. The van der Waals surface area contributed by atoms with Gasteiger partial charge in [-0.1, -0.05) is 11.6 Å². The number of benzene rings is 2. The second-order valence-corrected chi connectivity index (χ2v) is 6.06. The Morgan fingerprint density at radius 1 is 1.18 bits per heavy atom. The molecule has 0 aromatic heterocycles. The van der Waals surface area contributed by atoms with E-state index in [-0.39, 0.29) is 5.91 Å². The number of nitrogens with one attached hydrogen (secondary N) is 1. The first-order chi connectivity index (χ1) is 10.5. The predicted octanol–water partition coefficient (Wildman–Crippen LogP) is 3.89. The van der Waals surface area contributed by atoms with Crippen LogP contribution in [0.5, 0.6) is 11.5 Å². The van der Waals surface area contributed by atoms with Crippen molar-refractivity contribution in [3.63, 3.8) is 0 Å². The third-order valence-electron chi connectivity index (χ3n) is 3.11. The summed E-state index contributed by atoms with van der Waals surface area (Å²) >= 11 is 8.06. The highest BCUT2D eigenvalue weighted by atomic mass is 127. The van der Waals surface area contributed by atoms with Crippen molar-refractivity contribution in [2.24, 2.45) is 0 Å². The van der Waals surface area contributed by atoms with Gasteiger partial charge in [0.1, 0.15) is 11.5 Å². The summed E-state index contributed by atoms with van der Waals surface area (Å²) in [5, 5.41) is 3.50. The lowest BCUT2D eigenvalue weighted by atomic mass is 10.1. The molecule has 0 heterocycles. The Labute approximate surface area is 147 Å². The normalized spacial score (nSPS) is 10.2. The van der Waals surface area contributed by atoms with Gasteiger partial charge in [0.25, 0.3) is 5.91 Å². The van der Waals surface area contributed by atoms with Gasteiger partial charge in [0, 0.05) is 21.2 Å². The van der Waals surface area contributed by atoms with E-state index >= 15 is 0 Å². The van der Waals surface area contributed by atoms with Gasteiger partial charge in [0.2, 0.25) is 0 Å². The molecule has 0 fully saturated rings. The molecule has 0 saturated heterocycles. The van der Waals surface area contributed by atoms with Crippen molar-refractivity contribution in [3.8, 4) is 11.5 Å². The molecule has 0 bridgehead atoms. The molecule has 2 aromatic rings. The molecular weight excluding hydrogens is 417 g/mol. The van der Waals surface area contributed by atoms with E-state index in [0.29, 0.717) is 28.6 Å². The van der Waals surface area contributed by atoms with E-state index < -0.39 is 0 Å². The van der Waals surface area contributed by atoms with Gasteiger partial charge < -0.3 is 14.8 Å². The highest BCUT2D eigenvalue weighted by molar-refractivity contribution is 14.1. The van der Waals surface area contributed by atoms with Crippen LogP contribution in [0.15, 0.2) is 36.4 Å². The van der Waals surface area contributed by atoms with Crippen LogP contribution in [0, 0.1) is 3.57 Å². The van der Waals surface area contributed by atoms with E-state index in [0.717, 1.165) is 9.13 Å². The van der Waals surface area contributed by atoms with E-state index in [2.05, 4.69) is 27.9 Å². The fourth-order valence-electron chi connectivity index (χ4n) is 1.94. The summed E-state index contributed by atoms with van der Waals surface area (Å²) in [7, 11) is 3.19. The molecule has 0 atom stereocenters. The van der Waals surface area contributed by atoms with Gasteiger partial charge in [-0.3, -0.25) is 4.79 Å². The van der Waals surface area contributed by atoms with Crippen molar-refractivity contribution in [1.82, 2.24) is 5.32 Å². The zero-order valence-electron chi connectivity index (χ0n) is 12.2. The number of carbonyl (C=O) groups is 1. The zero-order valence-corrected chi connectivity index (χ0v) is 15.1. The van der Waals surface area contributed by atoms with Crippen LogP contribution in [-0.2, 0) is 6.54 Å². The Kier molecular flexibility index (Phi) is 5.90. The first kappa shape index (κ1) is 16.9. The predicted molar refractivity (Wildman–Crippen MR) is 94.9 cm³/mol. The van der Waals surface area contributed by atoms with Crippen molar-refractivity contribution >= 4 is 40.1 Å². The van der Waals surface area contributed by atoms with Crippen molar-refractivity contribution in [2.45, 2.75) is 6.54 Å². The van der Waals surface area contributed by atoms with Gasteiger partial charge in [-0.25, -0.2) is 0 Å². The summed E-state index contributed by atoms with van der Waals surface area (Å²) in [4.78, 5) is 12.2.